The SMILES string of the molecule is CCc1ccc(Nc2nc(Cl)nc(C)c2N)cc1. The van der Waals surface area contributed by atoms with Crippen molar-refractivity contribution < 1.29 is 0 Å². The van der Waals surface area contributed by atoms with E-state index in [9.17, 15) is 0 Å². The number of benzene rings is 1. The number of hydrogen-bond donors (Lipinski definition) is 2. The van der Waals surface area contributed by atoms with E-state index < -0.39 is 0 Å². The van der Waals surface area contributed by atoms with E-state index in [1.807, 2.05) is 12.1 Å². The highest BCUT2D eigenvalue weighted by atomic mass is 35.5. The van der Waals surface area contributed by atoms with Crippen LogP contribution >= 0.6 is 11.6 Å². The Labute approximate surface area is 111 Å². The topological polar surface area (TPSA) is 63.8 Å². The molecule has 1 heterocycles. The minimum atomic E-state index is 0.189. The fraction of sp³-hybridized carbons (Fsp3) is 0.231. The lowest BCUT2D eigenvalue weighted by atomic mass is 10.1. The summed E-state index contributed by atoms with van der Waals surface area (Å²) in [7, 11) is 0. The summed E-state index contributed by atoms with van der Waals surface area (Å²) in [5, 5.41) is 3.33. The molecule has 0 unspecified atom stereocenters. The van der Waals surface area contributed by atoms with E-state index in [1.54, 1.807) is 6.92 Å². The van der Waals surface area contributed by atoms with Crippen LogP contribution in [0.1, 0.15) is 18.2 Å². The number of nitrogens with zero attached hydrogens (tertiary/aromatic N) is 2. The van der Waals surface area contributed by atoms with Crippen LogP contribution in [0, 0.1) is 6.92 Å². The number of nitrogens with one attached hydrogen (secondary N) is 1. The summed E-state index contributed by atoms with van der Waals surface area (Å²) in [6.07, 6.45) is 1.01. The molecule has 0 amide bonds. The summed E-state index contributed by atoms with van der Waals surface area (Å²) < 4.78 is 0. The molecule has 0 spiro atoms. The van der Waals surface area contributed by atoms with Crippen molar-refractivity contribution in [2.75, 3.05) is 11.1 Å². The zero-order valence-electron chi connectivity index (χ0n) is 10.4. The second-order valence-corrected chi connectivity index (χ2v) is 4.35. The zero-order chi connectivity index (χ0) is 13.1. The summed E-state index contributed by atoms with van der Waals surface area (Å²) in [5.74, 6) is 0.539. The molecule has 18 heavy (non-hydrogen) atoms. The third kappa shape index (κ3) is 2.71. The number of nitrogens with two attached hydrogens (primary N) is 1. The van der Waals surface area contributed by atoms with Gasteiger partial charge in [0.1, 0.15) is 0 Å². The van der Waals surface area contributed by atoms with Crippen LogP contribution in [0.3, 0.4) is 0 Å². The normalized spacial score (nSPS) is 10.4. The highest BCUT2D eigenvalue weighted by molar-refractivity contribution is 6.28. The van der Waals surface area contributed by atoms with E-state index >= 15 is 0 Å². The number of aryl methyl sites for hydroxylation is 2. The molecule has 0 aliphatic rings. The van der Waals surface area contributed by atoms with Gasteiger partial charge in [-0.25, -0.2) is 4.98 Å². The molecule has 4 nitrogen and oxygen atoms in total. The maximum Gasteiger partial charge on any atom is 0.224 e. The van der Waals surface area contributed by atoms with Crippen LogP contribution < -0.4 is 11.1 Å². The van der Waals surface area contributed by atoms with Crippen LogP contribution in [0.4, 0.5) is 17.2 Å². The Hall–Kier alpha value is -1.81. The summed E-state index contributed by atoms with van der Waals surface area (Å²) in [6.45, 7) is 3.92. The van der Waals surface area contributed by atoms with Gasteiger partial charge in [0.2, 0.25) is 5.28 Å². The summed E-state index contributed by atoms with van der Waals surface area (Å²) in [6, 6.07) is 8.11. The van der Waals surface area contributed by atoms with Gasteiger partial charge in [0, 0.05) is 5.69 Å². The predicted octanol–water partition coefficient (Wildman–Crippen LogP) is 3.33. The summed E-state index contributed by atoms with van der Waals surface area (Å²) in [5.41, 5.74) is 9.30. The Morgan fingerprint density at radius 1 is 1.22 bits per heavy atom. The van der Waals surface area contributed by atoms with Crippen molar-refractivity contribution in [3.05, 3.63) is 40.8 Å². The van der Waals surface area contributed by atoms with E-state index in [2.05, 4.69) is 34.3 Å². The number of rotatable bonds is 3. The van der Waals surface area contributed by atoms with Gasteiger partial charge in [-0.15, -0.1) is 0 Å². The van der Waals surface area contributed by atoms with Crippen LogP contribution in [0.2, 0.25) is 5.28 Å². The Morgan fingerprint density at radius 2 is 1.89 bits per heavy atom. The first kappa shape index (κ1) is 12.6. The fourth-order valence-corrected chi connectivity index (χ4v) is 1.81. The highest BCUT2D eigenvalue weighted by Gasteiger charge is 2.07. The molecular formula is C13H15ClN4. The Balaban J connectivity index is 2.27. The molecule has 1 aromatic heterocycles. The van der Waals surface area contributed by atoms with Crippen molar-refractivity contribution in [3.63, 3.8) is 0 Å². The number of hydrogen-bond acceptors (Lipinski definition) is 4. The maximum absolute atomic E-state index is 5.91. The molecule has 2 rings (SSSR count). The first-order valence-electron chi connectivity index (χ1n) is 5.75. The predicted molar refractivity (Wildman–Crippen MR) is 75.3 cm³/mol. The van der Waals surface area contributed by atoms with E-state index in [-0.39, 0.29) is 5.28 Å². The van der Waals surface area contributed by atoms with Gasteiger partial charge in [0.05, 0.1) is 11.4 Å². The molecule has 0 saturated carbocycles. The maximum atomic E-state index is 5.91. The number of halogens is 1. The molecule has 0 aliphatic heterocycles. The molecule has 0 bridgehead atoms. The molecule has 5 heteroatoms. The molecule has 0 atom stereocenters. The lowest BCUT2D eigenvalue weighted by Crippen LogP contribution is -2.03. The smallest absolute Gasteiger partial charge is 0.224 e. The summed E-state index contributed by atoms with van der Waals surface area (Å²) >= 11 is 5.82. The van der Waals surface area contributed by atoms with Crippen molar-refractivity contribution >= 4 is 28.8 Å². The van der Waals surface area contributed by atoms with E-state index in [1.165, 1.54) is 5.56 Å². The van der Waals surface area contributed by atoms with E-state index in [0.717, 1.165) is 12.1 Å². The Bertz CT molecular complexity index is 552. The Morgan fingerprint density at radius 3 is 2.50 bits per heavy atom. The minimum Gasteiger partial charge on any atom is -0.394 e. The quantitative estimate of drug-likeness (QED) is 0.833. The third-order valence-electron chi connectivity index (χ3n) is 2.73. The van der Waals surface area contributed by atoms with Crippen LogP contribution in [0.25, 0.3) is 0 Å². The van der Waals surface area contributed by atoms with Crippen molar-refractivity contribution in [1.82, 2.24) is 9.97 Å². The average molecular weight is 263 g/mol. The van der Waals surface area contributed by atoms with Crippen LogP contribution in [-0.4, -0.2) is 9.97 Å². The fourth-order valence-electron chi connectivity index (χ4n) is 1.60. The van der Waals surface area contributed by atoms with Crippen molar-refractivity contribution in [3.8, 4) is 0 Å². The third-order valence-corrected chi connectivity index (χ3v) is 2.90. The number of nitrogen functional groups attached to an aromatic ring is 1. The van der Waals surface area contributed by atoms with Gasteiger partial charge >= 0.3 is 0 Å². The molecular weight excluding hydrogens is 248 g/mol. The highest BCUT2D eigenvalue weighted by Crippen LogP contribution is 2.24. The molecule has 3 N–H and O–H groups in total. The Kier molecular flexibility index (Phi) is 3.67. The van der Waals surface area contributed by atoms with Crippen LogP contribution in [0.15, 0.2) is 24.3 Å². The summed E-state index contributed by atoms with van der Waals surface area (Å²) in [4.78, 5) is 8.08. The van der Waals surface area contributed by atoms with Gasteiger partial charge in [-0.1, -0.05) is 19.1 Å². The lowest BCUT2D eigenvalue weighted by molar-refractivity contribution is 1.11. The molecule has 94 valence electrons. The monoisotopic (exact) mass is 262 g/mol. The van der Waals surface area contributed by atoms with Gasteiger partial charge in [-0.05, 0) is 42.6 Å². The molecule has 1 aromatic carbocycles. The molecule has 0 aliphatic carbocycles. The second-order valence-electron chi connectivity index (χ2n) is 4.02. The standard InChI is InChI=1S/C13H15ClN4/c1-3-9-4-6-10(7-5-9)17-12-11(15)8(2)16-13(14)18-12/h4-7H,3,15H2,1-2H3,(H,16,17,18). The van der Waals surface area contributed by atoms with Gasteiger partial charge in [0.15, 0.2) is 5.82 Å². The first-order valence-corrected chi connectivity index (χ1v) is 6.13. The van der Waals surface area contributed by atoms with Crippen molar-refractivity contribution in [2.24, 2.45) is 0 Å². The van der Waals surface area contributed by atoms with Gasteiger partial charge in [-0.3, -0.25) is 0 Å². The molecule has 2 aromatic rings. The number of aromatic nitrogens is 2. The van der Waals surface area contributed by atoms with Gasteiger partial charge in [-0.2, -0.15) is 4.98 Å². The average Bonchev–Trinajstić information content (AvgIpc) is 2.36. The van der Waals surface area contributed by atoms with E-state index in [0.29, 0.717) is 17.2 Å². The second kappa shape index (κ2) is 5.23. The minimum absolute atomic E-state index is 0.189. The first-order chi connectivity index (χ1) is 8.60. The zero-order valence-corrected chi connectivity index (χ0v) is 11.1. The van der Waals surface area contributed by atoms with Crippen molar-refractivity contribution in [2.45, 2.75) is 20.3 Å². The van der Waals surface area contributed by atoms with E-state index in [4.69, 9.17) is 17.3 Å². The molecule has 0 fully saturated rings. The largest absolute Gasteiger partial charge is 0.394 e. The molecule has 0 radical (unpaired) electrons. The van der Waals surface area contributed by atoms with Crippen molar-refractivity contribution in [1.29, 1.82) is 0 Å². The van der Waals surface area contributed by atoms with Crippen LogP contribution in [0.5, 0.6) is 0 Å². The molecule has 0 saturated heterocycles. The lowest BCUT2D eigenvalue weighted by Gasteiger charge is -2.10. The number of anilines is 3. The van der Waals surface area contributed by atoms with Gasteiger partial charge in [0.25, 0.3) is 0 Å². The van der Waals surface area contributed by atoms with Gasteiger partial charge < -0.3 is 11.1 Å². The van der Waals surface area contributed by atoms with Crippen LogP contribution in [-0.2, 0) is 6.42 Å².